The molecule has 2 aromatic carbocycles. The molecule has 0 atom stereocenters. The van der Waals surface area contributed by atoms with Crippen LogP contribution in [0.3, 0.4) is 0 Å². The highest BCUT2D eigenvalue weighted by atomic mass is 35.5. The van der Waals surface area contributed by atoms with Crippen molar-refractivity contribution in [3.05, 3.63) is 59.1 Å². The van der Waals surface area contributed by atoms with E-state index < -0.39 is 10.0 Å². The minimum absolute atomic E-state index is 0.0894. The Morgan fingerprint density at radius 2 is 1.67 bits per heavy atom. The maximum absolute atomic E-state index is 12.8. The van der Waals surface area contributed by atoms with Crippen molar-refractivity contribution in [2.45, 2.75) is 4.90 Å². The van der Waals surface area contributed by atoms with Gasteiger partial charge in [-0.1, -0.05) is 29.8 Å². The number of rotatable bonds is 4. The Morgan fingerprint density at radius 3 is 2.30 bits per heavy atom. The van der Waals surface area contributed by atoms with Crippen LogP contribution in [0.25, 0.3) is 0 Å². The van der Waals surface area contributed by atoms with Crippen LogP contribution in [0.1, 0.15) is 10.4 Å². The van der Waals surface area contributed by atoms with Gasteiger partial charge >= 0.3 is 0 Å². The molecule has 1 amide bonds. The lowest BCUT2D eigenvalue weighted by Crippen LogP contribution is -2.50. The fourth-order valence-corrected chi connectivity index (χ4v) is 4.94. The van der Waals surface area contributed by atoms with Crippen LogP contribution in [0.4, 0.5) is 5.69 Å². The number of amides is 1. The van der Waals surface area contributed by atoms with E-state index in [0.717, 1.165) is 5.69 Å². The summed E-state index contributed by atoms with van der Waals surface area (Å²) in [6, 6.07) is 13.8. The Morgan fingerprint density at radius 1 is 1.00 bits per heavy atom. The second kappa shape index (κ2) is 7.88. The van der Waals surface area contributed by atoms with Gasteiger partial charge in [-0.15, -0.1) is 0 Å². The Labute approximate surface area is 165 Å². The van der Waals surface area contributed by atoms with Gasteiger partial charge in [0.1, 0.15) is 4.90 Å². The number of hydrogen-bond donors (Lipinski definition) is 0. The number of anilines is 1. The first kappa shape index (κ1) is 19.7. The second-order valence-electron chi connectivity index (χ2n) is 6.57. The lowest BCUT2D eigenvalue weighted by molar-refractivity contribution is 0.0698. The Kier molecular flexibility index (Phi) is 5.74. The zero-order chi connectivity index (χ0) is 19.6. The van der Waals surface area contributed by atoms with E-state index in [1.54, 1.807) is 29.2 Å². The minimum atomic E-state index is -3.67. The summed E-state index contributed by atoms with van der Waals surface area (Å²) >= 11 is 6.05. The van der Waals surface area contributed by atoms with Gasteiger partial charge in [0.2, 0.25) is 10.0 Å². The number of sulfonamides is 1. The molecule has 6 nitrogen and oxygen atoms in total. The maximum Gasteiger partial charge on any atom is 0.254 e. The zero-order valence-corrected chi connectivity index (χ0v) is 16.9. The van der Waals surface area contributed by atoms with Crippen molar-refractivity contribution in [2.75, 3.05) is 45.2 Å². The van der Waals surface area contributed by atoms with Crippen LogP contribution in [0.2, 0.25) is 5.02 Å². The standard InChI is InChI=1S/C19H22ClN3O3S/c1-21(2)16-7-5-6-15(14-16)19(24)22-10-12-23(13-11-22)27(25,26)18-9-4-3-8-17(18)20/h3-9,14H,10-13H2,1-2H3. The van der Waals surface area contributed by atoms with Gasteiger partial charge in [-0.05, 0) is 30.3 Å². The lowest BCUT2D eigenvalue weighted by atomic mass is 10.1. The summed E-state index contributed by atoms with van der Waals surface area (Å²) < 4.78 is 27.0. The molecule has 0 bridgehead atoms. The highest BCUT2D eigenvalue weighted by Gasteiger charge is 2.31. The number of benzene rings is 2. The van der Waals surface area contributed by atoms with Gasteiger partial charge in [-0.3, -0.25) is 4.79 Å². The quantitative estimate of drug-likeness (QED) is 0.781. The summed E-state index contributed by atoms with van der Waals surface area (Å²) in [5.74, 6) is -0.0894. The molecule has 0 N–H and O–H groups in total. The molecule has 0 radical (unpaired) electrons. The molecule has 144 valence electrons. The summed E-state index contributed by atoms with van der Waals surface area (Å²) in [6.45, 7) is 1.17. The summed E-state index contributed by atoms with van der Waals surface area (Å²) in [5.41, 5.74) is 1.55. The molecule has 1 saturated heterocycles. The zero-order valence-electron chi connectivity index (χ0n) is 15.3. The molecule has 1 aliphatic heterocycles. The van der Waals surface area contributed by atoms with E-state index >= 15 is 0 Å². The number of carbonyl (C=O) groups is 1. The summed E-state index contributed by atoms with van der Waals surface area (Å²) in [7, 11) is 0.169. The van der Waals surface area contributed by atoms with Gasteiger partial charge < -0.3 is 9.80 Å². The Bertz CT molecular complexity index is 939. The summed E-state index contributed by atoms with van der Waals surface area (Å²) in [5, 5.41) is 0.205. The molecule has 1 fully saturated rings. The van der Waals surface area contributed by atoms with Crippen LogP contribution >= 0.6 is 11.6 Å². The maximum atomic E-state index is 12.8. The van der Waals surface area contributed by atoms with Crippen molar-refractivity contribution in [1.29, 1.82) is 0 Å². The normalized spacial score (nSPS) is 15.6. The molecular weight excluding hydrogens is 386 g/mol. The monoisotopic (exact) mass is 407 g/mol. The number of piperazine rings is 1. The lowest BCUT2D eigenvalue weighted by Gasteiger charge is -2.34. The molecule has 3 rings (SSSR count). The van der Waals surface area contributed by atoms with Gasteiger partial charge in [0.15, 0.2) is 0 Å². The van der Waals surface area contributed by atoms with E-state index in [2.05, 4.69) is 0 Å². The fraction of sp³-hybridized carbons (Fsp3) is 0.316. The van der Waals surface area contributed by atoms with Crippen molar-refractivity contribution in [2.24, 2.45) is 0 Å². The van der Waals surface area contributed by atoms with E-state index in [0.29, 0.717) is 18.7 Å². The van der Waals surface area contributed by atoms with Crippen LogP contribution in [-0.2, 0) is 10.0 Å². The number of halogens is 1. The molecule has 0 saturated carbocycles. The van der Waals surface area contributed by atoms with Crippen LogP contribution in [0.5, 0.6) is 0 Å². The third-order valence-corrected chi connectivity index (χ3v) is 6.99. The third-order valence-electron chi connectivity index (χ3n) is 4.59. The largest absolute Gasteiger partial charge is 0.378 e. The predicted octanol–water partition coefficient (Wildman–Crippen LogP) is 2.55. The molecular formula is C19H22ClN3O3S. The van der Waals surface area contributed by atoms with Crippen LogP contribution < -0.4 is 4.90 Å². The smallest absolute Gasteiger partial charge is 0.254 e. The van der Waals surface area contributed by atoms with E-state index in [9.17, 15) is 13.2 Å². The number of hydrogen-bond acceptors (Lipinski definition) is 4. The van der Waals surface area contributed by atoms with Gasteiger partial charge in [0.05, 0.1) is 5.02 Å². The Hall–Kier alpha value is -2.09. The SMILES string of the molecule is CN(C)c1cccc(C(=O)N2CCN(S(=O)(=O)c3ccccc3Cl)CC2)c1. The first-order valence-corrected chi connectivity index (χ1v) is 10.4. The van der Waals surface area contributed by atoms with E-state index in [1.807, 2.05) is 37.2 Å². The average Bonchev–Trinajstić information content (AvgIpc) is 2.68. The minimum Gasteiger partial charge on any atom is -0.378 e. The van der Waals surface area contributed by atoms with Crippen molar-refractivity contribution >= 4 is 33.2 Å². The highest BCUT2D eigenvalue weighted by Crippen LogP contribution is 2.25. The Balaban J connectivity index is 1.71. The van der Waals surface area contributed by atoms with Gasteiger partial charge in [0.25, 0.3) is 5.91 Å². The molecule has 1 aliphatic rings. The summed E-state index contributed by atoms with van der Waals surface area (Å²) in [6.07, 6.45) is 0. The third kappa shape index (κ3) is 4.10. The molecule has 1 heterocycles. The molecule has 27 heavy (non-hydrogen) atoms. The highest BCUT2D eigenvalue weighted by molar-refractivity contribution is 7.89. The topological polar surface area (TPSA) is 60.9 Å². The average molecular weight is 408 g/mol. The first-order chi connectivity index (χ1) is 12.8. The van der Waals surface area contributed by atoms with Crippen LogP contribution in [-0.4, -0.2) is 63.8 Å². The van der Waals surface area contributed by atoms with Gasteiger partial charge in [-0.2, -0.15) is 4.31 Å². The molecule has 0 aliphatic carbocycles. The predicted molar refractivity (Wildman–Crippen MR) is 107 cm³/mol. The fourth-order valence-electron chi connectivity index (χ4n) is 3.02. The first-order valence-electron chi connectivity index (χ1n) is 8.62. The van der Waals surface area contributed by atoms with Crippen molar-refractivity contribution in [3.8, 4) is 0 Å². The molecule has 0 aromatic heterocycles. The second-order valence-corrected chi connectivity index (χ2v) is 8.89. The van der Waals surface area contributed by atoms with Crippen LogP contribution in [0, 0.1) is 0 Å². The molecule has 0 spiro atoms. The summed E-state index contributed by atoms with van der Waals surface area (Å²) in [4.78, 5) is 16.5. The van der Waals surface area contributed by atoms with Gasteiger partial charge in [-0.25, -0.2) is 8.42 Å². The van der Waals surface area contributed by atoms with Crippen LogP contribution in [0.15, 0.2) is 53.4 Å². The van der Waals surface area contributed by atoms with Crippen molar-refractivity contribution in [3.63, 3.8) is 0 Å². The molecule has 8 heteroatoms. The van der Waals surface area contributed by atoms with E-state index in [1.165, 1.54) is 10.4 Å². The van der Waals surface area contributed by atoms with Crippen molar-refractivity contribution < 1.29 is 13.2 Å². The number of nitrogens with zero attached hydrogens (tertiary/aromatic N) is 3. The van der Waals surface area contributed by atoms with E-state index in [-0.39, 0.29) is 28.9 Å². The van der Waals surface area contributed by atoms with Gasteiger partial charge in [0, 0.05) is 51.5 Å². The number of carbonyl (C=O) groups excluding carboxylic acids is 1. The molecule has 2 aromatic rings. The van der Waals surface area contributed by atoms with Crippen molar-refractivity contribution in [1.82, 2.24) is 9.21 Å². The van der Waals surface area contributed by atoms with E-state index in [4.69, 9.17) is 11.6 Å². The molecule has 0 unspecified atom stereocenters.